The van der Waals surface area contributed by atoms with Crippen molar-refractivity contribution in [2.75, 3.05) is 45.5 Å². The molecule has 0 radical (unpaired) electrons. The number of thiophene rings is 1. The smallest absolute Gasteiger partial charge is 0.180 e. The lowest BCUT2D eigenvalue weighted by Gasteiger charge is -2.32. The molecule has 0 aliphatic carbocycles. The Morgan fingerprint density at radius 1 is 1.24 bits per heavy atom. The van der Waals surface area contributed by atoms with Gasteiger partial charge in [0.2, 0.25) is 0 Å². The van der Waals surface area contributed by atoms with Crippen molar-refractivity contribution in [3.63, 3.8) is 0 Å². The third kappa shape index (κ3) is 4.03. The van der Waals surface area contributed by atoms with Crippen molar-refractivity contribution >= 4 is 27.8 Å². The van der Waals surface area contributed by atoms with Gasteiger partial charge in [-0.1, -0.05) is 0 Å². The van der Waals surface area contributed by atoms with Crippen LogP contribution in [-0.2, 0) is 6.42 Å². The van der Waals surface area contributed by atoms with Crippen LogP contribution in [-0.4, -0.2) is 54.6 Å². The summed E-state index contributed by atoms with van der Waals surface area (Å²) in [4.78, 5) is 12.0. The number of nitrogen functional groups attached to an aromatic ring is 1. The highest BCUT2D eigenvalue weighted by molar-refractivity contribution is 7.16. The second-order valence-corrected chi connectivity index (χ2v) is 7.64. The molecule has 6 heteroatoms. The monoisotopic (exact) mass is 322 g/mol. The van der Waals surface area contributed by atoms with Gasteiger partial charge in [-0.25, -0.2) is 4.98 Å². The van der Waals surface area contributed by atoms with Gasteiger partial charge < -0.3 is 15.5 Å². The molecular formula is C15H22N4S2. The van der Waals surface area contributed by atoms with Crippen molar-refractivity contribution in [1.82, 2.24) is 14.8 Å². The van der Waals surface area contributed by atoms with Gasteiger partial charge in [0.25, 0.3) is 0 Å². The molecule has 1 aliphatic heterocycles. The van der Waals surface area contributed by atoms with Crippen LogP contribution in [0.2, 0.25) is 0 Å². The van der Waals surface area contributed by atoms with Crippen LogP contribution in [0.25, 0.3) is 10.6 Å². The van der Waals surface area contributed by atoms with Gasteiger partial charge in [0.15, 0.2) is 5.13 Å². The van der Waals surface area contributed by atoms with Gasteiger partial charge in [-0.2, -0.15) is 0 Å². The summed E-state index contributed by atoms with van der Waals surface area (Å²) >= 11 is 3.36. The molecule has 1 fully saturated rings. The predicted octanol–water partition coefficient (Wildman–Crippen LogP) is 2.63. The minimum absolute atomic E-state index is 0.648. The minimum atomic E-state index is 0.648. The Balaban J connectivity index is 1.47. The van der Waals surface area contributed by atoms with E-state index in [1.807, 2.05) is 16.7 Å². The number of rotatable bonds is 5. The molecule has 0 unspecified atom stereocenters. The second-order valence-electron chi connectivity index (χ2n) is 5.59. The van der Waals surface area contributed by atoms with Gasteiger partial charge in [-0.3, -0.25) is 0 Å². The van der Waals surface area contributed by atoms with Gasteiger partial charge in [-0.05, 0) is 38.6 Å². The van der Waals surface area contributed by atoms with Crippen molar-refractivity contribution in [2.45, 2.75) is 12.8 Å². The minimum Gasteiger partial charge on any atom is -0.375 e. The number of nitrogens with two attached hydrogens (primary N) is 1. The van der Waals surface area contributed by atoms with E-state index in [0.29, 0.717) is 5.13 Å². The maximum absolute atomic E-state index is 5.70. The maximum atomic E-state index is 5.70. The Bertz CT molecular complexity index is 570. The summed E-state index contributed by atoms with van der Waals surface area (Å²) in [5.41, 5.74) is 6.72. The van der Waals surface area contributed by atoms with Gasteiger partial charge in [0, 0.05) is 36.4 Å². The number of aryl methyl sites for hydroxylation is 1. The molecule has 0 amide bonds. The molecule has 114 valence electrons. The Morgan fingerprint density at radius 3 is 2.76 bits per heavy atom. The average molecular weight is 323 g/mol. The highest BCUT2D eigenvalue weighted by atomic mass is 32.1. The van der Waals surface area contributed by atoms with E-state index in [4.69, 9.17) is 5.73 Å². The number of thiazole rings is 1. The summed E-state index contributed by atoms with van der Waals surface area (Å²) in [6, 6.07) is 4.41. The van der Waals surface area contributed by atoms with E-state index in [0.717, 1.165) is 12.1 Å². The normalized spacial score (nSPS) is 17.4. The number of hydrogen-bond acceptors (Lipinski definition) is 6. The topological polar surface area (TPSA) is 45.4 Å². The highest BCUT2D eigenvalue weighted by Crippen LogP contribution is 2.30. The second kappa shape index (κ2) is 6.87. The lowest BCUT2D eigenvalue weighted by molar-refractivity contribution is 0.153. The van der Waals surface area contributed by atoms with E-state index in [1.165, 1.54) is 60.2 Å². The number of nitrogens with zero attached hydrogens (tertiary/aromatic N) is 3. The number of likely N-dealkylation sites (N-methyl/N-ethyl adjacent to an activating group) is 1. The Labute approximate surface area is 134 Å². The molecular weight excluding hydrogens is 300 g/mol. The third-order valence-corrected chi connectivity index (χ3v) is 5.77. The van der Waals surface area contributed by atoms with Crippen molar-refractivity contribution in [2.24, 2.45) is 0 Å². The summed E-state index contributed by atoms with van der Waals surface area (Å²) in [6.45, 7) is 6.04. The fourth-order valence-electron chi connectivity index (χ4n) is 2.60. The number of aromatic nitrogens is 1. The van der Waals surface area contributed by atoms with Crippen LogP contribution in [0, 0.1) is 0 Å². The molecule has 2 aromatic heterocycles. The molecule has 3 heterocycles. The molecule has 21 heavy (non-hydrogen) atoms. The zero-order valence-electron chi connectivity index (χ0n) is 12.4. The largest absolute Gasteiger partial charge is 0.375 e. The van der Waals surface area contributed by atoms with Crippen LogP contribution in [0.1, 0.15) is 11.3 Å². The Kier molecular flexibility index (Phi) is 4.90. The first-order chi connectivity index (χ1) is 10.2. The van der Waals surface area contributed by atoms with E-state index >= 15 is 0 Å². The van der Waals surface area contributed by atoms with Crippen molar-refractivity contribution in [3.05, 3.63) is 22.4 Å². The summed E-state index contributed by atoms with van der Waals surface area (Å²) in [5.74, 6) is 0. The molecule has 4 nitrogen and oxygen atoms in total. The van der Waals surface area contributed by atoms with E-state index < -0.39 is 0 Å². The van der Waals surface area contributed by atoms with Crippen LogP contribution < -0.4 is 5.73 Å². The lowest BCUT2D eigenvalue weighted by Crippen LogP contribution is -2.44. The van der Waals surface area contributed by atoms with Crippen LogP contribution >= 0.6 is 22.7 Å². The Hall–Kier alpha value is -0.950. The quantitative estimate of drug-likeness (QED) is 0.919. The molecule has 0 atom stereocenters. The Morgan fingerprint density at radius 2 is 2.05 bits per heavy atom. The summed E-state index contributed by atoms with van der Waals surface area (Å²) in [6.07, 6.45) is 2.40. The summed E-state index contributed by atoms with van der Waals surface area (Å²) < 4.78 is 0. The van der Waals surface area contributed by atoms with Crippen molar-refractivity contribution in [3.8, 4) is 10.6 Å². The zero-order chi connectivity index (χ0) is 14.7. The zero-order valence-corrected chi connectivity index (χ0v) is 14.1. The third-order valence-electron chi connectivity index (χ3n) is 3.93. The summed E-state index contributed by atoms with van der Waals surface area (Å²) in [7, 11) is 2.20. The number of piperazine rings is 1. The maximum Gasteiger partial charge on any atom is 0.180 e. The first kappa shape index (κ1) is 15.0. The SMILES string of the molecule is CN1CCN(CCCc2ccc(-c3csc(N)n3)s2)CC1. The van der Waals surface area contributed by atoms with Gasteiger partial charge in [-0.15, -0.1) is 22.7 Å². The lowest BCUT2D eigenvalue weighted by atomic mass is 10.2. The van der Waals surface area contributed by atoms with Crippen LogP contribution in [0.3, 0.4) is 0 Å². The molecule has 0 bridgehead atoms. The van der Waals surface area contributed by atoms with Crippen molar-refractivity contribution in [1.29, 1.82) is 0 Å². The molecule has 0 aromatic carbocycles. The molecule has 3 rings (SSSR count). The molecule has 2 aromatic rings. The van der Waals surface area contributed by atoms with E-state index in [9.17, 15) is 0 Å². The first-order valence-corrected chi connectivity index (χ1v) is 9.11. The van der Waals surface area contributed by atoms with Crippen LogP contribution in [0.5, 0.6) is 0 Å². The average Bonchev–Trinajstić information content (AvgIpc) is 3.10. The van der Waals surface area contributed by atoms with Gasteiger partial charge in [0.1, 0.15) is 0 Å². The number of anilines is 1. The van der Waals surface area contributed by atoms with Crippen LogP contribution in [0.4, 0.5) is 5.13 Å². The molecule has 0 saturated carbocycles. The molecule has 2 N–H and O–H groups in total. The molecule has 1 aliphatic rings. The first-order valence-electron chi connectivity index (χ1n) is 7.42. The molecule has 1 saturated heterocycles. The van der Waals surface area contributed by atoms with Gasteiger partial charge >= 0.3 is 0 Å². The fraction of sp³-hybridized carbons (Fsp3) is 0.533. The highest BCUT2D eigenvalue weighted by Gasteiger charge is 2.13. The fourth-order valence-corrected chi connectivity index (χ4v) is 4.25. The van der Waals surface area contributed by atoms with E-state index in [1.54, 1.807) is 0 Å². The standard InChI is InChI=1S/C15H22N4S2/c1-18-7-9-19(10-8-18)6-2-3-12-4-5-14(21-12)13-11-20-15(16)17-13/h4-5,11H,2-3,6-10H2,1H3,(H2,16,17). The summed E-state index contributed by atoms with van der Waals surface area (Å²) in [5, 5.41) is 2.69. The van der Waals surface area contributed by atoms with Crippen molar-refractivity contribution < 1.29 is 0 Å². The van der Waals surface area contributed by atoms with Gasteiger partial charge in [0.05, 0.1) is 10.6 Å². The van der Waals surface area contributed by atoms with E-state index in [-0.39, 0.29) is 0 Å². The van der Waals surface area contributed by atoms with Crippen LogP contribution in [0.15, 0.2) is 17.5 Å². The number of hydrogen-bond donors (Lipinski definition) is 1. The van der Waals surface area contributed by atoms with E-state index in [2.05, 4.69) is 34.0 Å². The molecule has 0 spiro atoms. The predicted molar refractivity (Wildman–Crippen MR) is 92.1 cm³/mol.